The predicted molar refractivity (Wildman–Crippen MR) is 68.8 cm³/mol. The lowest BCUT2D eigenvalue weighted by Gasteiger charge is -2.41. The third-order valence-electron chi connectivity index (χ3n) is 3.83. The second-order valence-electron chi connectivity index (χ2n) is 5.16. The van der Waals surface area contributed by atoms with Crippen LogP contribution >= 0.6 is 0 Å². The molecule has 19 heavy (non-hydrogen) atoms. The van der Waals surface area contributed by atoms with Gasteiger partial charge in [0.05, 0.1) is 5.60 Å². The molecular formula is C15H20F2O2. The second-order valence-corrected chi connectivity index (χ2v) is 5.16. The first-order valence-electron chi connectivity index (χ1n) is 6.85. The summed E-state index contributed by atoms with van der Waals surface area (Å²) in [6, 6.07) is 3.18. The largest absolute Gasteiger partial charge is 0.385 e. The van der Waals surface area contributed by atoms with E-state index in [0.29, 0.717) is 6.61 Å². The van der Waals surface area contributed by atoms with Gasteiger partial charge in [-0.25, -0.2) is 8.78 Å². The number of aliphatic hydroxyl groups is 1. The molecule has 1 saturated carbocycles. The van der Waals surface area contributed by atoms with E-state index in [4.69, 9.17) is 4.74 Å². The number of aliphatic hydroxyl groups excluding tert-OH is 1. The van der Waals surface area contributed by atoms with Crippen molar-refractivity contribution < 1.29 is 18.6 Å². The van der Waals surface area contributed by atoms with Crippen LogP contribution in [0, 0.1) is 11.6 Å². The van der Waals surface area contributed by atoms with Gasteiger partial charge in [0.2, 0.25) is 0 Å². The normalized spacial score (nSPS) is 20.2. The van der Waals surface area contributed by atoms with Gasteiger partial charge in [0.15, 0.2) is 0 Å². The topological polar surface area (TPSA) is 29.5 Å². The average Bonchev–Trinajstić information content (AvgIpc) is 2.38. The molecule has 0 saturated heterocycles. The molecule has 1 fully saturated rings. The summed E-state index contributed by atoms with van der Waals surface area (Å²) in [7, 11) is 0. The van der Waals surface area contributed by atoms with Gasteiger partial charge in [-0.05, 0) is 37.5 Å². The summed E-state index contributed by atoms with van der Waals surface area (Å²) in [4.78, 5) is 0. The van der Waals surface area contributed by atoms with E-state index in [1.54, 1.807) is 0 Å². The van der Waals surface area contributed by atoms with Gasteiger partial charge in [0.25, 0.3) is 0 Å². The van der Waals surface area contributed by atoms with Crippen molar-refractivity contribution in [2.75, 3.05) is 6.61 Å². The predicted octanol–water partition coefficient (Wildman–Crippen LogP) is 3.74. The number of hydrogen-bond donors (Lipinski definition) is 1. The van der Waals surface area contributed by atoms with Crippen molar-refractivity contribution in [1.82, 2.24) is 0 Å². The number of halogens is 2. The van der Waals surface area contributed by atoms with E-state index in [0.717, 1.165) is 38.2 Å². The van der Waals surface area contributed by atoms with Crippen molar-refractivity contribution in [1.29, 1.82) is 0 Å². The van der Waals surface area contributed by atoms with Crippen LogP contribution in [0.4, 0.5) is 8.78 Å². The zero-order valence-corrected chi connectivity index (χ0v) is 11.2. The van der Waals surface area contributed by atoms with E-state index in [1.165, 1.54) is 12.1 Å². The molecule has 1 unspecified atom stereocenters. The zero-order chi connectivity index (χ0) is 13.9. The molecule has 0 aromatic heterocycles. The molecule has 2 rings (SSSR count). The smallest absolute Gasteiger partial charge is 0.126 e. The van der Waals surface area contributed by atoms with Crippen molar-refractivity contribution >= 4 is 0 Å². The Labute approximate surface area is 112 Å². The van der Waals surface area contributed by atoms with Gasteiger partial charge >= 0.3 is 0 Å². The molecule has 1 aliphatic carbocycles. The van der Waals surface area contributed by atoms with Crippen LogP contribution in [0.15, 0.2) is 18.2 Å². The zero-order valence-electron chi connectivity index (χ0n) is 11.2. The van der Waals surface area contributed by atoms with Crippen LogP contribution in [0.2, 0.25) is 0 Å². The van der Waals surface area contributed by atoms with Crippen molar-refractivity contribution in [2.45, 2.75) is 50.7 Å². The van der Waals surface area contributed by atoms with Crippen LogP contribution in [0.3, 0.4) is 0 Å². The molecule has 106 valence electrons. The van der Waals surface area contributed by atoms with Gasteiger partial charge < -0.3 is 9.84 Å². The van der Waals surface area contributed by atoms with E-state index in [-0.39, 0.29) is 5.56 Å². The SMILES string of the molecule is CCOC1(C(O)c2cc(F)cc(F)c2)CCCCC1. The van der Waals surface area contributed by atoms with Gasteiger partial charge in [-0.2, -0.15) is 0 Å². The molecular weight excluding hydrogens is 250 g/mol. The Morgan fingerprint density at radius 3 is 2.26 bits per heavy atom. The molecule has 0 bridgehead atoms. The van der Waals surface area contributed by atoms with Gasteiger partial charge in [-0.3, -0.25) is 0 Å². The number of benzene rings is 1. The standard InChI is InChI=1S/C15H20F2O2/c1-2-19-15(6-4-3-5-7-15)14(18)11-8-12(16)10-13(17)9-11/h8-10,14,18H,2-7H2,1H3. The Balaban J connectivity index is 2.30. The quantitative estimate of drug-likeness (QED) is 0.903. The van der Waals surface area contributed by atoms with Gasteiger partial charge in [0.1, 0.15) is 17.7 Å². The molecule has 1 aromatic carbocycles. The third-order valence-corrected chi connectivity index (χ3v) is 3.83. The van der Waals surface area contributed by atoms with Gasteiger partial charge in [0, 0.05) is 12.7 Å². The lowest BCUT2D eigenvalue weighted by Crippen LogP contribution is -2.41. The van der Waals surface area contributed by atoms with Crippen LogP contribution in [0.5, 0.6) is 0 Å². The lowest BCUT2D eigenvalue weighted by atomic mass is 9.78. The lowest BCUT2D eigenvalue weighted by molar-refractivity contribution is -0.141. The third kappa shape index (κ3) is 3.12. The first kappa shape index (κ1) is 14.4. The van der Waals surface area contributed by atoms with E-state index < -0.39 is 23.3 Å². The first-order valence-corrected chi connectivity index (χ1v) is 6.85. The Hall–Kier alpha value is -1.00. The van der Waals surface area contributed by atoms with Crippen molar-refractivity contribution in [3.63, 3.8) is 0 Å². The maximum Gasteiger partial charge on any atom is 0.126 e. The summed E-state index contributed by atoms with van der Waals surface area (Å²) in [6.45, 7) is 2.35. The Morgan fingerprint density at radius 1 is 1.16 bits per heavy atom. The van der Waals surface area contributed by atoms with Crippen LogP contribution in [-0.2, 0) is 4.74 Å². The maximum atomic E-state index is 13.3. The molecule has 2 nitrogen and oxygen atoms in total. The molecule has 0 heterocycles. The minimum atomic E-state index is -0.988. The Kier molecular flexibility index (Phi) is 4.53. The van der Waals surface area contributed by atoms with Crippen LogP contribution in [0.1, 0.15) is 50.7 Å². The average molecular weight is 270 g/mol. The highest BCUT2D eigenvalue weighted by Gasteiger charge is 2.40. The van der Waals surface area contributed by atoms with Crippen LogP contribution in [-0.4, -0.2) is 17.3 Å². The minimum absolute atomic E-state index is 0.257. The van der Waals surface area contributed by atoms with E-state index >= 15 is 0 Å². The van der Waals surface area contributed by atoms with E-state index in [2.05, 4.69) is 0 Å². The van der Waals surface area contributed by atoms with E-state index in [9.17, 15) is 13.9 Å². The number of ether oxygens (including phenoxy) is 1. The molecule has 1 atom stereocenters. The highest BCUT2D eigenvalue weighted by Crippen LogP contribution is 2.41. The molecule has 0 radical (unpaired) electrons. The minimum Gasteiger partial charge on any atom is -0.385 e. The Morgan fingerprint density at radius 2 is 1.74 bits per heavy atom. The highest BCUT2D eigenvalue weighted by molar-refractivity contribution is 5.23. The Bertz CT molecular complexity index is 402. The van der Waals surface area contributed by atoms with Crippen molar-refractivity contribution in [3.05, 3.63) is 35.4 Å². The maximum absolute atomic E-state index is 13.3. The molecule has 4 heteroatoms. The second kappa shape index (κ2) is 5.97. The fourth-order valence-corrected chi connectivity index (χ4v) is 2.97. The number of hydrogen-bond acceptors (Lipinski definition) is 2. The summed E-state index contributed by atoms with van der Waals surface area (Å²) >= 11 is 0. The molecule has 0 aliphatic heterocycles. The molecule has 1 aromatic rings. The fourth-order valence-electron chi connectivity index (χ4n) is 2.97. The summed E-state index contributed by atoms with van der Waals surface area (Å²) in [5.41, 5.74) is -0.444. The molecule has 1 aliphatic rings. The molecule has 0 spiro atoms. The summed E-state index contributed by atoms with van der Waals surface area (Å²) < 4.78 is 32.3. The molecule has 1 N–H and O–H groups in total. The fraction of sp³-hybridized carbons (Fsp3) is 0.600. The van der Waals surface area contributed by atoms with Crippen LogP contribution in [0.25, 0.3) is 0 Å². The first-order chi connectivity index (χ1) is 9.07. The molecule has 0 amide bonds. The summed E-state index contributed by atoms with van der Waals surface area (Å²) in [5, 5.41) is 10.5. The monoisotopic (exact) mass is 270 g/mol. The summed E-state index contributed by atoms with van der Waals surface area (Å²) in [6.07, 6.45) is 3.50. The van der Waals surface area contributed by atoms with Crippen LogP contribution < -0.4 is 0 Å². The summed E-state index contributed by atoms with van der Waals surface area (Å²) in [5.74, 6) is -1.34. The highest BCUT2D eigenvalue weighted by atomic mass is 19.1. The van der Waals surface area contributed by atoms with Crippen molar-refractivity contribution in [3.8, 4) is 0 Å². The van der Waals surface area contributed by atoms with E-state index in [1.807, 2.05) is 6.92 Å². The van der Waals surface area contributed by atoms with Gasteiger partial charge in [-0.1, -0.05) is 19.3 Å². The number of rotatable bonds is 4. The van der Waals surface area contributed by atoms with Crippen molar-refractivity contribution in [2.24, 2.45) is 0 Å². The van der Waals surface area contributed by atoms with Gasteiger partial charge in [-0.15, -0.1) is 0 Å².